The van der Waals surface area contributed by atoms with Gasteiger partial charge >= 0.3 is 5.97 Å². The van der Waals surface area contributed by atoms with E-state index in [4.69, 9.17) is 16.3 Å². The third-order valence-electron chi connectivity index (χ3n) is 8.88. The summed E-state index contributed by atoms with van der Waals surface area (Å²) in [7, 11) is 1.48. The Morgan fingerprint density at radius 2 is 1.88 bits per heavy atom. The SMILES string of the molecule is COC(=O)C1(Nc2cccc(Cl)c2)CCC2(CC1)c1cc3c(cc1CC2C[C@@H](C)CO)CCC3. The quantitative estimate of drug-likeness (QED) is 0.508. The number of esters is 1. The molecule has 3 aliphatic rings. The molecule has 5 rings (SSSR count). The van der Waals surface area contributed by atoms with Crippen molar-refractivity contribution in [2.45, 2.75) is 75.7 Å². The van der Waals surface area contributed by atoms with Gasteiger partial charge in [-0.25, -0.2) is 4.79 Å². The van der Waals surface area contributed by atoms with Crippen molar-refractivity contribution >= 4 is 23.3 Å². The Kier molecular flexibility index (Phi) is 6.41. The minimum absolute atomic E-state index is 0.0594. The summed E-state index contributed by atoms with van der Waals surface area (Å²) in [5.41, 5.74) is 6.24. The van der Waals surface area contributed by atoms with E-state index in [1.54, 1.807) is 0 Å². The lowest BCUT2D eigenvalue weighted by atomic mass is 9.59. The maximum Gasteiger partial charge on any atom is 0.331 e. The molecule has 2 aromatic rings. The van der Waals surface area contributed by atoms with Gasteiger partial charge in [-0.15, -0.1) is 0 Å². The van der Waals surface area contributed by atoms with E-state index in [0.29, 0.717) is 23.8 Å². The van der Waals surface area contributed by atoms with E-state index in [1.807, 2.05) is 24.3 Å². The van der Waals surface area contributed by atoms with Crippen molar-refractivity contribution in [2.24, 2.45) is 11.8 Å². The Bertz CT molecular complexity index is 1070. The second-order valence-electron chi connectivity index (χ2n) is 10.9. The minimum atomic E-state index is -0.753. The molecule has 2 atom stereocenters. The fourth-order valence-electron chi connectivity index (χ4n) is 7.08. The van der Waals surface area contributed by atoms with Crippen LogP contribution in [0.25, 0.3) is 0 Å². The van der Waals surface area contributed by atoms with E-state index in [1.165, 1.54) is 48.6 Å². The first kappa shape index (κ1) is 23.7. The monoisotopic (exact) mass is 481 g/mol. The Morgan fingerprint density at radius 3 is 2.56 bits per heavy atom. The van der Waals surface area contributed by atoms with Crippen LogP contribution in [0.3, 0.4) is 0 Å². The summed E-state index contributed by atoms with van der Waals surface area (Å²) < 4.78 is 5.32. The number of aliphatic hydroxyl groups excluding tert-OH is 1. The number of anilines is 1. The predicted molar refractivity (Wildman–Crippen MR) is 136 cm³/mol. The molecular weight excluding hydrogens is 446 g/mol. The molecule has 182 valence electrons. The minimum Gasteiger partial charge on any atom is -0.467 e. The van der Waals surface area contributed by atoms with Crippen LogP contribution in [0.4, 0.5) is 5.69 Å². The molecule has 0 aromatic heterocycles. The van der Waals surface area contributed by atoms with Gasteiger partial charge in [-0.2, -0.15) is 0 Å². The maximum atomic E-state index is 13.1. The van der Waals surface area contributed by atoms with Crippen molar-refractivity contribution in [3.8, 4) is 0 Å². The largest absolute Gasteiger partial charge is 0.467 e. The molecule has 2 aromatic carbocycles. The highest BCUT2D eigenvalue weighted by Crippen LogP contribution is 2.57. The first-order valence-corrected chi connectivity index (χ1v) is 13.1. The number of nitrogens with one attached hydrogen (secondary N) is 1. The molecular formula is C29H36ClNO3. The number of benzene rings is 2. The molecule has 4 nitrogen and oxygen atoms in total. The number of hydrogen-bond donors (Lipinski definition) is 2. The molecule has 0 saturated heterocycles. The first-order valence-electron chi connectivity index (χ1n) is 12.8. The van der Waals surface area contributed by atoms with Gasteiger partial charge in [0.25, 0.3) is 0 Å². The first-order chi connectivity index (χ1) is 16.4. The van der Waals surface area contributed by atoms with Crippen LogP contribution < -0.4 is 5.32 Å². The molecule has 0 heterocycles. The van der Waals surface area contributed by atoms with E-state index < -0.39 is 5.54 Å². The van der Waals surface area contributed by atoms with Crippen LogP contribution >= 0.6 is 11.6 Å². The average Bonchev–Trinajstić information content (AvgIpc) is 3.41. The Balaban J connectivity index is 1.48. The summed E-state index contributed by atoms with van der Waals surface area (Å²) in [5.74, 6) is 0.573. The van der Waals surface area contributed by atoms with Crippen molar-refractivity contribution in [2.75, 3.05) is 19.0 Å². The lowest BCUT2D eigenvalue weighted by Gasteiger charge is -2.48. The number of rotatable bonds is 6. The summed E-state index contributed by atoms with van der Waals surface area (Å²) in [4.78, 5) is 13.1. The van der Waals surface area contributed by atoms with Crippen LogP contribution in [0.1, 0.15) is 67.7 Å². The highest BCUT2D eigenvalue weighted by atomic mass is 35.5. The highest BCUT2D eigenvalue weighted by Gasteiger charge is 2.54. The van der Waals surface area contributed by atoms with Crippen LogP contribution in [0.2, 0.25) is 5.02 Å². The van der Waals surface area contributed by atoms with Gasteiger partial charge in [-0.1, -0.05) is 36.7 Å². The molecule has 34 heavy (non-hydrogen) atoms. The topological polar surface area (TPSA) is 58.6 Å². The summed E-state index contributed by atoms with van der Waals surface area (Å²) in [6.07, 6.45) is 9.03. The van der Waals surface area contributed by atoms with Crippen LogP contribution in [0, 0.1) is 11.8 Å². The van der Waals surface area contributed by atoms with Crippen molar-refractivity contribution in [3.63, 3.8) is 0 Å². The lowest BCUT2D eigenvalue weighted by Crippen LogP contribution is -2.53. The zero-order valence-electron chi connectivity index (χ0n) is 20.3. The van der Waals surface area contributed by atoms with E-state index in [-0.39, 0.29) is 23.9 Å². The fourth-order valence-corrected chi connectivity index (χ4v) is 7.27. The third kappa shape index (κ3) is 4.03. The van der Waals surface area contributed by atoms with Gasteiger partial charge in [0.05, 0.1) is 7.11 Å². The number of aliphatic hydroxyl groups is 1. The molecule has 0 bridgehead atoms. The smallest absolute Gasteiger partial charge is 0.331 e. The number of carbonyl (C=O) groups excluding carboxylic acids is 1. The number of methoxy groups -OCH3 is 1. The van der Waals surface area contributed by atoms with Crippen molar-refractivity contribution in [1.29, 1.82) is 0 Å². The predicted octanol–water partition coefficient (Wildman–Crippen LogP) is 5.86. The Labute approximate surface area is 208 Å². The van der Waals surface area contributed by atoms with Crippen LogP contribution in [-0.4, -0.2) is 30.3 Å². The molecule has 0 radical (unpaired) electrons. The fraction of sp³-hybridized carbons (Fsp3) is 0.552. The number of fused-ring (bicyclic) bond motifs is 3. The molecule has 1 unspecified atom stereocenters. The number of halogens is 1. The summed E-state index contributed by atoms with van der Waals surface area (Å²) >= 11 is 6.23. The van der Waals surface area contributed by atoms with Gasteiger partial charge in [0.2, 0.25) is 0 Å². The van der Waals surface area contributed by atoms with E-state index in [9.17, 15) is 9.90 Å². The molecule has 1 fully saturated rings. The van der Waals surface area contributed by atoms with Crippen molar-refractivity contribution in [3.05, 3.63) is 63.7 Å². The highest BCUT2D eigenvalue weighted by molar-refractivity contribution is 6.30. The van der Waals surface area contributed by atoms with Crippen molar-refractivity contribution < 1.29 is 14.6 Å². The molecule has 0 amide bonds. The van der Waals surface area contributed by atoms with Gasteiger partial charge in [0, 0.05) is 17.3 Å². The zero-order chi connectivity index (χ0) is 23.9. The van der Waals surface area contributed by atoms with E-state index >= 15 is 0 Å². The molecule has 2 N–H and O–H groups in total. The molecule has 1 saturated carbocycles. The summed E-state index contributed by atoms with van der Waals surface area (Å²) in [6, 6.07) is 12.6. The van der Waals surface area contributed by atoms with Gasteiger partial charge in [-0.3, -0.25) is 0 Å². The summed E-state index contributed by atoms with van der Waals surface area (Å²) in [6.45, 7) is 2.38. The molecule has 3 aliphatic carbocycles. The Morgan fingerprint density at radius 1 is 1.15 bits per heavy atom. The Hall–Kier alpha value is -2.04. The van der Waals surface area contributed by atoms with Crippen LogP contribution in [-0.2, 0) is 34.2 Å². The normalized spacial score (nSPS) is 28.4. The molecule has 1 spiro atoms. The van der Waals surface area contributed by atoms with E-state index in [0.717, 1.165) is 31.4 Å². The van der Waals surface area contributed by atoms with E-state index in [2.05, 4.69) is 24.4 Å². The molecule has 0 aliphatic heterocycles. The average molecular weight is 482 g/mol. The van der Waals surface area contributed by atoms with Gasteiger partial charge in [-0.05, 0) is 115 Å². The second-order valence-corrected chi connectivity index (χ2v) is 11.4. The van der Waals surface area contributed by atoms with Crippen LogP contribution in [0.5, 0.6) is 0 Å². The second kappa shape index (κ2) is 9.20. The van der Waals surface area contributed by atoms with Gasteiger partial charge in [0.1, 0.15) is 5.54 Å². The third-order valence-corrected chi connectivity index (χ3v) is 9.12. The number of ether oxygens (including phenoxy) is 1. The van der Waals surface area contributed by atoms with Crippen LogP contribution in [0.15, 0.2) is 36.4 Å². The van der Waals surface area contributed by atoms with Gasteiger partial charge in [0.15, 0.2) is 0 Å². The number of carbonyl (C=O) groups is 1. The number of aryl methyl sites for hydroxylation is 2. The standard InChI is InChI=1S/C29H36ClNO3/c1-19(18-32)13-23-15-22-14-20-5-3-6-21(20)16-26(22)28(23)9-11-29(12-10-28,27(33)34-2)31-25-8-4-7-24(30)17-25/h4,7-8,14,16-17,19,23,31-32H,3,5-6,9-13,15,18H2,1-2H3/t19-,23?,28?,29?/m1/s1. The van der Waals surface area contributed by atoms with Crippen molar-refractivity contribution in [1.82, 2.24) is 0 Å². The maximum absolute atomic E-state index is 13.1. The summed E-state index contributed by atoms with van der Waals surface area (Å²) in [5, 5.41) is 14.0. The molecule has 5 heteroatoms. The number of hydrogen-bond acceptors (Lipinski definition) is 4. The lowest BCUT2D eigenvalue weighted by molar-refractivity contribution is -0.148. The van der Waals surface area contributed by atoms with Gasteiger partial charge < -0.3 is 15.2 Å². The zero-order valence-corrected chi connectivity index (χ0v) is 21.1.